The highest BCUT2D eigenvalue weighted by Crippen LogP contribution is 2.32. The van der Waals surface area contributed by atoms with Gasteiger partial charge in [-0.05, 0) is 24.8 Å². The molecule has 17 heavy (non-hydrogen) atoms. The summed E-state index contributed by atoms with van der Waals surface area (Å²) < 4.78 is 1.90. The minimum absolute atomic E-state index is 0.0190. The van der Waals surface area contributed by atoms with Crippen LogP contribution >= 0.6 is 0 Å². The Morgan fingerprint density at radius 1 is 1.24 bits per heavy atom. The summed E-state index contributed by atoms with van der Waals surface area (Å²) in [5, 5.41) is 8.25. The second-order valence-electron chi connectivity index (χ2n) is 4.77. The summed E-state index contributed by atoms with van der Waals surface area (Å²) >= 11 is 0. The maximum atomic E-state index is 6.33. The third-order valence-electron chi connectivity index (χ3n) is 3.67. The average molecular weight is 231 g/mol. The summed E-state index contributed by atoms with van der Waals surface area (Å²) in [6.07, 6.45) is 9.97. The molecule has 1 aliphatic carbocycles. The quantitative estimate of drug-likeness (QED) is 0.854. The molecule has 0 radical (unpaired) electrons. The zero-order valence-corrected chi connectivity index (χ0v) is 9.79. The first-order valence-electron chi connectivity index (χ1n) is 6.27. The minimum Gasteiger partial charge on any atom is -0.321 e. The number of nitrogens with zero attached hydrogens (tertiary/aromatic N) is 4. The van der Waals surface area contributed by atoms with Crippen LogP contribution < -0.4 is 5.73 Å². The Balaban J connectivity index is 1.92. The van der Waals surface area contributed by atoms with Crippen LogP contribution in [0.25, 0.3) is 5.78 Å². The number of aromatic nitrogens is 4. The van der Waals surface area contributed by atoms with Gasteiger partial charge in [-0.2, -0.15) is 0 Å². The lowest BCUT2D eigenvalue weighted by atomic mass is 9.84. The Hall–Kier alpha value is -1.49. The van der Waals surface area contributed by atoms with Crippen LogP contribution in [0.4, 0.5) is 0 Å². The maximum Gasteiger partial charge on any atom is 0.254 e. The van der Waals surface area contributed by atoms with Crippen molar-refractivity contribution in [1.82, 2.24) is 19.6 Å². The first kappa shape index (κ1) is 10.7. The van der Waals surface area contributed by atoms with Gasteiger partial charge in [-0.15, -0.1) is 10.2 Å². The fourth-order valence-corrected chi connectivity index (χ4v) is 2.69. The van der Waals surface area contributed by atoms with E-state index in [9.17, 15) is 0 Å². The van der Waals surface area contributed by atoms with Crippen LogP contribution in [0.5, 0.6) is 0 Å². The van der Waals surface area contributed by atoms with Gasteiger partial charge in [0.15, 0.2) is 5.82 Å². The van der Waals surface area contributed by atoms with Crippen molar-refractivity contribution in [2.45, 2.75) is 38.1 Å². The summed E-state index contributed by atoms with van der Waals surface area (Å²) in [5.41, 5.74) is 6.33. The molecule has 0 bridgehead atoms. The molecule has 0 aromatic carbocycles. The SMILES string of the molecule is NC(c1nnc2ncccn12)C1CCCCC1. The molecule has 0 spiro atoms. The maximum absolute atomic E-state index is 6.33. The number of fused-ring (bicyclic) bond motifs is 1. The Kier molecular flexibility index (Phi) is 2.76. The van der Waals surface area contributed by atoms with Crippen LogP contribution in [0.1, 0.15) is 44.0 Å². The zero-order chi connectivity index (χ0) is 11.7. The molecule has 3 rings (SSSR count). The highest BCUT2D eigenvalue weighted by molar-refractivity contribution is 5.27. The molecule has 90 valence electrons. The molecule has 2 heterocycles. The second-order valence-corrected chi connectivity index (χ2v) is 4.77. The molecule has 0 aliphatic heterocycles. The molecule has 0 amide bonds. The van der Waals surface area contributed by atoms with E-state index in [4.69, 9.17) is 5.73 Å². The molecule has 1 atom stereocenters. The van der Waals surface area contributed by atoms with Gasteiger partial charge in [-0.1, -0.05) is 19.3 Å². The van der Waals surface area contributed by atoms with E-state index in [0.29, 0.717) is 11.7 Å². The van der Waals surface area contributed by atoms with E-state index in [1.165, 1.54) is 32.1 Å². The lowest BCUT2D eigenvalue weighted by molar-refractivity contribution is 0.300. The highest BCUT2D eigenvalue weighted by atomic mass is 15.3. The van der Waals surface area contributed by atoms with Gasteiger partial charge in [0.05, 0.1) is 6.04 Å². The zero-order valence-electron chi connectivity index (χ0n) is 9.79. The molecular weight excluding hydrogens is 214 g/mol. The summed E-state index contributed by atoms with van der Waals surface area (Å²) in [7, 11) is 0. The van der Waals surface area contributed by atoms with Crippen molar-refractivity contribution >= 4 is 5.78 Å². The molecule has 1 unspecified atom stereocenters. The Morgan fingerprint density at radius 3 is 2.88 bits per heavy atom. The van der Waals surface area contributed by atoms with Crippen molar-refractivity contribution in [2.75, 3.05) is 0 Å². The van der Waals surface area contributed by atoms with Crippen molar-refractivity contribution in [3.8, 4) is 0 Å². The molecule has 5 heteroatoms. The standard InChI is InChI=1S/C12H17N5/c13-10(9-5-2-1-3-6-9)11-15-16-12-14-7-4-8-17(11)12/h4,7-10H,1-3,5-6,13H2. The van der Waals surface area contributed by atoms with Gasteiger partial charge in [-0.3, -0.25) is 4.40 Å². The molecule has 1 saturated carbocycles. The molecule has 5 nitrogen and oxygen atoms in total. The van der Waals surface area contributed by atoms with E-state index in [-0.39, 0.29) is 6.04 Å². The predicted octanol–water partition coefficient (Wildman–Crippen LogP) is 1.70. The van der Waals surface area contributed by atoms with Crippen molar-refractivity contribution in [1.29, 1.82) is 0 Å². The Morgan fingerprint density at radius 2 is 2.06 bits per heavy atom. The summed E-state index contributed by atoms with van der Waals surface area (Å²) in [5.74, 6) is 2.02. The smallest absolute Gasteiger partial charge is 0.254 e. The highest BCUT2D eigenvalue weighted by Gasteiger charge is 2.25. The van der Waals surface area contributed by atoms with E-state index in [2.05, 4.69) is 15.2 Å². The Labute approximate surface area is 100 Å². The third-order valence-corrected chi connectivity index (χ3v) is 3.67. The minimum atomic E-state index is -0.0190. The van der Waals surface area contributed by atoms with Gasteiger partial charge in [0, 0.05) is 12.4 Å². The van der Waals surface area contributed by atoms with Crippen molar-refractivity contribution in [2.24, 2.45) is 11.7 Å². The van der Waals surface area contributed by atoms with E-state index in [1.54, 1.807) is 6.20 Å². The molecule has 1 fully saturated rings. The first-order valence-corrected chi connectivity index (χ1v) is 6.27. The van der Waals surface area contributed by atoms with E-state index in [1.807, 2.05) is 16.7 Å². The van der Waals surface area contributed by atoms with Gasteiger partial charge in [0.2, 0.25) is 0 Å². The molecule has 0 saturated heterocycles. The fraction of sp³-hybridized carbons (Fsp3) is 0.583. The van der Waals surface area contributed by atoms with E-state index >= 15 is 0 Å². The van der Waals surface area contributed by atoms with Crippen molar-refractivity contribution in [3.05, 3.63) is 24.3 Å². The lowest BCUT2D eigenvalue weighted by Crippen LogP contribution is -2.25. The van der Waals surface area contributed by atoms with Gasteiger partial charge >= 0.3 is 0 Å². The molecule has 1 aliphatic rings. The van der Waals surface area contributed by atoms with Crippen LogP contribution in [-0.2, 0) is 0 Å². The number of rotatable bonds is 2. The van der Waals surface area contributed by atoms with Crippen LogP contribution in [0.3, 0.4) is 0 Å². The van der Waals surface area contributed by atoms with Crippen LogP contribution in [0, 0.1) is 5.92 Å². The van der Waals surface area contributed by atoms with Crippen molar-refractivity contribution < 1.29 is 0 Å². The van der Waals surface area contributed by atoms with Crippen molar-refractivity contribution in [3.63, 3.8) is 0 Å². The third kappa shape index (κ3) is 1.91. The Bertz CT molecular complexity index is 500. The number of nitrogens with two attached hydrogens (primary N) is 1. The second kappa shape index (κ2) is 4.41. The lowest BCUT2D eigenvalue weighted by Gasteiger charge is -2.26. The van der Waals surface area contributed by atoms with Gasteiger partial charge in [0.1, 0.15) is 0 Å². The largest absolute Gasteiger partial charge is 0.321 e. The number of hydrogen-bond acceptors (Lipinski definition) is 4. The number of hydrogen-bond donors (Lipinski definition) is 1. The van der Waals surface area contributed by atoms with Crippen LogP contribution in [-0.4, -0.2) is 19.6 Å². The first-order chi connectivity index (χ1) is 8.36. The monoisotopic (exact) mass is 231 g/mol. The predicted molar refractivity (Wildman–Crippen MR) is 64.3 cm³/mol. The van der Waals surface area contributed by atoms with Crippen LogP contribution in [0.2, 0.25) is 0 Å². The van der Waals surface area contributed by atoms with Gasteiger partial charge in [0.25, 0.3) is 5.78 Å². The van der Waals surface area contributed by atoms with Gasteiger partial charge < -0.3 is 5.73 Å². The molecule has 2 aromatic heterocycles. The normalized spacial score (nSPS) is 19.6. The average Bonchev–Trinajstić information content (AvgIpc) is 2.83. The molecule has 2 N–H and O–H groups in total. The van der Waals surface area contributed by atoms with Crippen LogP contribution in [0.15, 0.2) is 18.5 Å². The fourth-order valence-electron chi connectivity index (χ4n) is 2.69. The van der Waals surface area contributed by atoms with Gasteiger partial charge in [-0.25, -0.2) is 4.98 Å². The van der Waals surface area contributed by atoms with E-state index < -0.39 is 0 Å². The topological polar surface area (TPSA) is 69.1 Å². The molecular formula is C12H17N5. The summed E-state index contributed by atoms with van der Waals surface area (Å²) in [6.45, 7) is 0. The van der Waals surface area contributed by atoms with E-state index in [0.717, 1.165) is 5.82 Å². The summed E-state index contributed by atoms with van der Waals surface area (Å²) in [4.78, 5) is 4.16. The summed E-state index contributed by atoms with van der Waals surface area (Å²) in [6, 6.07) is 1.86. The molecule has 2 aromatic rings.